The largest absolute Gasteiger partial charge is 0.504 e. The van der Waals surface area contributed by atoms with Crippen LogP contribution in [0.3, 0.4) is 0 Å². The van der Waals surface area contributed by atoms with Crippen LogP contribution in [0, 0.1) is 5.92 Å². The maximum atomic E-state index is 13.5. The second-order valence-electron chi connectivity index (χ2n) is 11.7. The first-order chi connectivity index (χ1) is 17.5. The number of aromatic amines is 1. The zero-order valence-corrected chi connectivity index (χ0v) is 20.2. The summed E-state index contributed by atoms with van der Waals surface area (Å²) in [6.45, 7) is 1.96. The number of aromatic nitrogens is 1. The summed E-state index contributed by atoms with van der Waals surface area (Å²) in [6.07, 6.45) is 6.78. The summed E-state index contributed by atoms with van der Waals surface area (Å²) in [5.74, 6) is 1.26. The topological polar surface area (TPSA) is 97.8 Å². The van der Waals surface area contributed by atoms with Crippen molar-refractivity contribution in [1.29, 1.82) is 0 Å². The Morgan fingerprint density at radius 1 is 1.17 bits per heavy atom. The normalized spacial score (nSPS) is 34.3. The van der Waals surface area contributed by atoms with Crippen molar-refractivity contribution in [3.63, 3.8) is 0 Å². The summed E-state index contributed by atoms with van der Waals surface area (Å²) < 4.78 is 6.58. The average molecular weight is 486 g/mol. The van der Waals surface area contributed by atoms with Crippen LogP contribution in [0.4, 0.5) is 0 Å². The number of piperidine rings is 1. The van der Waals surface area contributed by atoms with Gasteiger partial charge >= 0.3 is 0 Å². The number of amides is 1. The van der Waals surface area contributed by atoms with Gasteiger partial charge in [0, 0.05) is 40.8 Å². The van der Waals surface area contributed by atoms with Gasteiger partial charge in [-0.2, -0.15) is 0 Å². The van der Waals surface area contributed by atoms with E-state index in [1.54, 1.807) is 6.07 Å². The summed E-state index contributed by atoms with van der Waals surface area (Å²) in [6, 6.07) is 11.1. The number of carbonyl (C=O) groups excluding carboxylic acids is 1. The monoisotopic (exact) mass is 485 g/mol. The lowest BCUT2D eigenvalue weighted by Crippen LogP contribution is -2.78. The second-order valence-corrected chi connectivity index (χ2v) is 11.7. The number of phenolic OH excluding ortho intramolecular Hbond substituents is 1. The number of hydrogen-bond donors (Lipinski definition) is 4. The van der Waals surface area contributed by atoms with Gasteiger partial charge in [-0.05, 0) is 80.8 Å². The molecule has 2 aromatic carbocycles. The lowest BCUT2D eigenvalue weighted by Gasteiger charge is -2.64. The van der Waals surface area contributed by atoms with Gasteiger partial charge in [-0.25, -0.2) is 0 Å². The van der Waals surface area contributed by atoms with Crippen LogP contribution in [0.25, 0.3) is 10.9 Å². The van der Waals surface area contributed by atoms with E-state index < -0.39 is 17.1 Å². The quantitative estimate of drug-likeness (QED) is 0.455. The van der Waals surface area contributed by atoms with Crippen molar-refractivity contribution in [2.24, 2.45) is 5.92 Å². The zero-order valence-electron chi connectivity index (χ0n) is 20.2. The number of aromatic hydroxyl groups is 1. The lowest BCUT2D eigenvalue weighted by atomic mass is 9.48. The molecule has 3 heterocycles. The van der Waals surface area contributed by atoms with Crippen LogP contribution in [0.1, 0.15) is 53.6 Å². The van der Waals surface area contributed by atoms with Crippen molar-refractivity contribution in [3.8, 4) is 11.5 Å². The number of fused-ring (bicyclic) bond motifs is 1. The van der Waals surface area contributed by atoms with E-state index in [1.807, 2.05) is 36.5 Å². The molecular formula is C29H31N3O4. The number of hydrogen-bond acceptors (Lipinski definition) is 5. The minimum Gasteiger partial charge on any atom is -0.504 e. The van der Waals surface area contributed by atoms with Crippen LogP contribution in [0.2, 0.25) is 0 Å². The molecule has 36 heavy (non-hydrogen) atoms. The number of nitrogens with one attached hydrogen (secondary N) is 2. The number of rotatable bonds is 4. The van der Waals surface area contributed by atoms with Crippen molar-refractivity contribution in [2.45, 2.75) is 67.7 Å². The van der Waals surface area contributed by atoms with Gasteiger partial charge in [0.2, 0.25) is 0 Å². The second kappa shape index (κ2) is 7.05. The molecule has 8 rings (SSSR count). The Labute approximate surface area is 209 Å². The van der Waals surface area contributed by atoms with E-state index in [1.165, 1.54) is 18.4 Å². The number of nitrogens with zero attached hydrogens (tertiary/aromatic N) is 1. The molecule has 186 valence electrons. The molecule has 5 aliphatic rings. The van der Waals surface area contributed by atoms with Gasteiger partial charge in [-0.1, -0.05) is 12.1 Å². The highest BCUT2D eigenvalue weighted by Gasteiger charge is 2.73. The molecule has 3 fully saturated rings. The molecule has 7 heteroatoms. The molecule has 4 N–H and O–H groups in total. The molecule has 5 atom stereocenters. The fraction of sp³-hybridized carbons (Fsp3) is 0.483. The summed E-state index contributed by atoms with van der Waals surface area (Å²) >= 11 is 0. The first-order valence-electron chi connectivity index (χ1n) is 13.3. The number of ether oxygens (including phenoxy) is 1. The molecule has 7 nitrogen and oxygen atoms in total. The van der Waals surface area contributed by atoms with Gasteiger partial charge in [-0.15, -0.1) is 0 Å². The van der Waals surface area contributed by atoms with E-state index in [4.69, 9.17) is 4.74 Å². The number of aliphatic hydroxyl groups is 1. The Morgan fingerprint density at radius 2 is 2.06 bits per heavy atom. The molecular weight excluding hydrogens is 454 g/mol. The zero-order chi connectivity index (χ0) is 24.2. The van der Waals surface area contributed by atoms with E-state index in [9.17, 15) is 15.0 Å². The van der Waals surface area contributed by atoms with Gasteiger partial charge in [0.1, 0.15) is 6.10 Å². The molecule has 0 unspecified atom stereocenters. The van der Waals surface area contributed by atoms with E-state index >= 15 is 0 Å². The van der Waals surface area contributed by atoms with E-state index in [0.29, 0.717) is 24.2 Å². The summed E-state index contributed by atoms with van der Waals surface area (Å²) in [4.78, 5) is 19.3. The SMILES string of the molecule is O=C(N[C@@H]1CC[C@@]2(O)[C@H]3Cc4ccc(O)c5c4[C@@]2(CCN3CC2CC2)[C@H]1O5)c1cccc2[nH]ccc12. The van der Waals surface area contributed by atoms with E-state index in [-0.39, 0.29) is 23.7 Å². The predicted molar refractivity (Wildman–Crippen MR) is 134 cm³/mol. The molecule has 3 aliphatic carbocycles. The fourth-order valence-electron chi connectivity index (χ4n) is 8.16. The lowest BCUT2D eigenvalue weighted by molar-refractivity contribution is -0.191. The molecule has 1 spiro atoms. The highest BCUT2D eigenvalue weighted by atomic mass is 16.5. The molecule has 1 amide bonds. The Balaban J connectivity index is 1.20. The number of H-pyrrole nitrogens is 1. The van der Waals surface area contributed by atoms with Crippen molar-refractivity contribution < 1.29 is 19.7 Å². The highest BCUT2D eigenvalue weighted by Crippen LogP contribution is 2.65. The molecule has 3 aromatic rings. The Morgan fingerprint density at radius 3 is 2.92 bits per heavy atom. The minimum absolute atomic E-state index is 0.0335. The number of carbonyl (C=O) groups is 1. The third kappa shape index (κ3) is 2.57. The first kappa shape index (κ1) is 21.1. The highest BCUT2D eigenvalue weighted by molar-refractivity contribution is 6.06. The third-order valence-corrected chi connectivity index (χ3v) is 9.92. The smallest absolute Gasteiger partial charge is 0.252 e. The van der Waals surface area contributed by atoms with Crippen molar-refractivity contribution >= 4 is 16.8 Å². The van der Waals surface area contributed by atoms with Gasteiger partial charge in [0.15, 0.2) is 11.5 Å². The van der Waals surface area contributed by atoms with Gasteiger partial charge in [0.05, 0.1) is 17.1 Å². The molecule has 0 radical (unpaired) electrons. The van der Waals surface area contributed by atoms with E-state index in [2.05, 4.69) is 15.2 Å². The minimum atomic E-state index is -0.946. The predicted octanol–water partition coefficient (Wildman–Crippen LogP) is 3.24. The van der Waals surface area contributed by atoms with Crippen LogP contribution in [0.15, 0.2) is 42.6 Å². The summed E-state index contributed by atoms with van der Waals surface area (Å²) in [7, 11) is 0. The van der Waals surface area contributed by atoms with Crippen LogP contribution in [-0.2, 0) is 11.8 Å². The number of phenols is 1. The first-order valence-corrected chi connectivity index (χ1v) is 13.3. The van der Waals surface area contributed by atoms with Crippen molar-refractivity contribution in [2.75, 3.05) is 13.1 Å². The third-order valence-electron chi connectivity index (χ3n) is 9.92. The molecule has 1 saturated heterocycles. The van der Waals surface area contributed by atoms with Gasteiger partial charge in [0.25, 0.3) is 5.91 Å². The maximum Gasteiger partial charge on any atom is 0.252 e. The average Bonchev–Trinajstić information content (AvgIpc) is 3.41. The maximum absolute atomic E-state index is 13.5. The standard InChI is InChI=1S/C29H31N3O4/c33-22-7-6-17-14-23-29(35)10-8-21(31-27(34)19-2-1-3-20-18(19)9-12-30-20)26-28(29,24(17)25(22)36-26)11-13-32(23)15-16-4-5-16/h1-3,6-7,9,12,16,21,23,26,30,33,35H,4-5,8,10-11,13-15H2,(H,31,34)/t21-,23-,26+,28+,29-/m1/s1. The Kier molecular flexibility index (Phi) is 4.13. The molecule has 2 bridgehead atoms. The van der Waals surface area contributed by atoms with Gasteiger partial charge < -0.3 is 25.3 Å². The van der Waals surface area contributed by atoms with Crippen LogP contribution >= 0.6 is 0 Å². The van der Waals surface area contributed by atoms with Gasteiger partial charge in [-0.3, -0.25) is 9.69 Å². The molecule has 2 saturated carbocycles. The van der Waals surface area contributed by atoms with Crippen LogP contribution in [-0.4, -0.2) is 62.9 Å². The van der Waals surface area contributed by atoms with Crippen LogP contribution in [0.5, 0.6) is 11.5 Å². The Hall–Kier alpha value is -3.03. The molecule has 1 aromatic heterocycles. The van der Waals surface area contributed by atoms with E-state index in [0.717, 1.165) is 48.3 Å². The van der Waals surface area contributed by atoms with Crippen molar-refractivity contribution in [1.82, 2.24) is 15.2 Å². The fourth-order valence-corrected chi connectivity index (χ4v) is 8.16. The number of likely N-dealkylation sites (tertiary alicyclic amines) is 1. The number of benzene rings is 2. The van der Waals surface area contributed by atoms with Crippen molar-refractivity contribution in [3.05, 3.63) is 59.3 Å². The van der Waals surface area contributed by atoms with Crippen LogP contribution < -0.4 is 10.1 Å². The molecule has 2 aliphatic heterocycles. The summed E-state index contributed by atoms with van der Waals surface area (Å²) in [5.41, 5.74) is 2.14. The Bertz CT molecular complexity index is 1410. The summed E-state index contributed by atoms with van der Waals surface area (Å²) in [5, 5.41) is 27.6.